The maximum absolute atomic E-state index is 13.4. The Balaban J connectivity index is 1.60. The lowest BCUT2D eigenvalue weighted by Crippen LogP contribution is -2.38. The fraction of sp³-hybridized carbons (Fsp3) is 0.259. The molecule has 0 aliphatic carbocycles. The number of hydrogen-bond donors (Lipinski definition) is 1. The van der Waals surface area contributed by atoms with Gasteiger partial charge in [-0.25, -0.2) is 0 Å². The van der Waals surface area contributed by atoms with Crippen molar-refractivity contribution in [2.75, 3.05) is 31.0 Å². The summed E-state index contributed by atoms with van der Waals surface area (Å²) in [5, 5.41) is 2.83. The predicted octanol–water partition coefficient (Wildman–Crippen LogP) is 5.53. The topological polar surface area (TPSA) is 67.9 Å². The molecule has 4 rings (SSSR count). The van der Waals surface area contributed by atoms with Crippen molar-refractivity contribution in [3.63, 3.8) is 0 Å². The highest BCUT2D eigenvalue weighted by atomic mass is 32.2. The molecule has 0 bridgehead atoms. The van der Waals surface area contributed by atoms with E-state index >= 15 is 0 Å². The van der Waals surface area contributed by atoms with Crippen molar-refractivity contribution < 1.29 is 19.1 Å². The maximum Gasteiger partial charge on any atom is 0.244 e. The number of rotatable bonds is 6. The Morgan fingerprint density at radius 3 is 2.53 bits per heavy atom. The molecule has 3 aromatic carbocycles. The van der Waals surface area contributed by atoms with Crippen LogP contribution in [0.4, 0.5) is 11.4 Å². The number of hydrogen-bond acceptors (Lipinski definition) is 5. The van der Waals surface area contributed by atoms with Crippen molar-refractivity contribution in [2.45, 2.75) is 30.4 Å². The van der Waals surface area contributed by atoms with Gasteiger partial charge in [0.1, 0.15) is 6.54 Å². The minimum absolute atomic E-state index is 0.0532. The van der Waals surface area contributed by atoms with Crippen LogP contribution in [-0.2, 0) is 9.59 Å². The zero-order chi connectivity index (χ0) is 24.2. The van der Waals surface area contributed by atoms with Gasteiger partial charge in [0, 0.05) is 22.3 Å². The number of para-hydroxylation sites is 1. The van der Waals surface area contributed by atoms with Crippen LogP contribution in [0.1, 0.15) is 28.4 Å². The highest BCUT2D eigenvalue weighted by Gasteiger charge is 2.31. The summed E-state index contributed by atoms with van der Waals surface area (Å²) in [6, 6.07) is 19.3. The van der Waals surface area contributed by atoms with E-state index in [-0.39, 0.29) is 30.0 Å². The molecule has 1 atom stereocenters. The van der Waals surface area contributed by atoms with Crippen molar-refractivity contribution in [3.8, 4) is 11.5 Å². The lowest BCUT2D eigenvalue weighted by molar-refractivity contribution is -0.121. The summed E-state index contributed by atoms with van der Waals surface area (Å²) in [6.07, 6.45) is 0.256. The number of aryl methyl sites for hydroxylation is 2. The quantitative estimate of drug-likeness (QED) is 0.507. The Morgan fingerprint density at radius 1 is 1.03 bits per heavy atom. The Bertz CT molecular complexity index is 1230. The van der Waals surface area contributed by atoms with Crippen molar-refractivity contribution >= 4 is 35.0 Å². The lowest BCUT2D eigenvalue weighted by Gasteiger charge is -2.22. The van der Waals surface area contributed by atoms with E-state index in [0.717, 1.165) is 33.0 Å². The van der Waals surface area contributed by atoms with Crippen molar-refractivity contribution in [2.24, 2.45) is 0 Å². The molecule has 34 heavy (non-hydrogen) atoms. The predicted molar refractivity (Wildman–Crippen MR) is 136 cm³/mol. The molecule has 0 saturated carbocycles. The molecule has 0 aromatic heterocycles. The monoisotopic (exact) mass is 476 g/mol. The molecule has 7 heteroatoms. The second-order valence-electron chi connectivity index (χ2n) is 8.24. The van der Waals surface area contributed by atoms with Gasteiger partial charge in [-0.05, 0) is 55.3 Å². The Kier molecular flexibility index (Phi) is 7.12. The number of nitrogens with one attached hydrogen (secondary N) is 1. The van der Waals surface area contributed by atoms with E-state index < -0.39 is 0 Å². The van der Waals surface area contributed by atoms with Gasteiger partial charge in [-0.3, -0.25) is 9.59 Å². The molecule has 0 radical (unpaired) electrons. The van der Waals surface area contributed by atoms with Crippen LogP contribution in [0.3, 0.4) is 0 Å². The Labute approximate surface area is 204 Å². The van der Waals surface area contributed by atoms with Gasteiger partial charge in [0.2, 0.25) is 11.8 Å². The minimum atomic E-state index is -0.232. The van der Waals surface area contributed by atoms with Crippen LogP contribution in [0.5, 0.6) is 11.5 Å². The van der Waals surface area contributed by atoms with Crippen LogP contribution < -0.4 is 19.7 Å². The Hall–Kier alpha value is -3.45. The zero-order valence-electron chi connectivity index (χ0n) is 19.8. The normalized spacial score (nSPS) is 15.4. The van der Waals surface area contributed by atoms with Gasteiger partial charge in [0.05, 0.1) is 19.9 Å². The third kappa shape index (κ3) is 5.04. The van der Waals surface area contributed by atoms with Crippen molar-refractivity contribution in [1.29, 1.82) is 0 Å². The second-order valence-corrected chi connectivity index (χ2v) is 9.48. The van der Waals surface area contributed by atoms with Gasteiger partial charge in [0.25, 0.3) is 0 Å². The second kappa shape index (κ2) is 10.2. The number of fused-ring (bicyclic) bond motifs is 1. The number of carbonyl (C=O) groups is 2. The van der Waals surface area contributed by atoms with Crippen LogP contribution in [0.15, 0.2) is 65.6 Å². The summed E-state index contributed by atoms with van der Waals surface area (Å²) in [7, 11) is 3.19. The molecule has 1 heterocycles. The first-order valence-corrected chi connectivity index (χ1v) is 11.9. The van der Waals surface area contributed by atoms with Crippen LogP contribution in [0, 0.1) is 13.8 Å². The zero-order valence-corrected chi connectivity index (χ0v) is 20.6. The fourth-order valence-corrected chi connectivity index (χ4v) is 5.35. The Morgan fingerprint density at radius 2 is 1.79 bits per heavy atom. The van der Waals surface area contributed by atoms with Crippen LogP contribution in [0.25, 0.3) is 0 Å². The largest absolute Gasteiger partial charge is 0.493 e. The summed E-state index contributed by atoms with van der Waals surface area (Å²) in [6.45, 7) is 3.92. The molecule has 0 fully saturated rings. The van der Waals surface area contributed by atoms with Gasteiger partial charge in [0.15, 0.2) is 11.5 Å². The molecule has 0 spiro atoms. The number of thioether (sulfide) groups is 1. The first kappa shape index (κ1) is 23.7. The van der Waals surface area contributed by atoms with Gasteiger partial charge in [-0.1, -0.05) is 35.9 Å². The SMILES string of the molecule is COc1ccc([C@H]2CC(=O)N(CC(=O)Nc3ccc(C)cc3C)c3ccccc3S2)cc1OC. The maximum atomic E-state index is 13.4. The summed E-state index contributed by atoms with van der Waals surface area (Å²) in [5.74, 6) is 0.925. The summed E-state index contributed by atoms with van der Waals surface area (Å²) < 4.78 is 10.8. The van der Waals surface area contributed by atoms with Gasteiger partial charge >= 0.3 is 0 Å². The number of methoxy groups -OCH3 is 2. The molecule has 3 aromatic rings. The average molecular weight is 477 g/mol. The number of benzene rings is 3. The van der Waals surface area contributed by atoms with Crippen molar-refractivity contribution in [1.82, 2.24) is 0 Å². The number of anilines is 2. The summed E-state index contributed by atoms with van der Waals surface area (Å²) in [4.78, 5) is 28.9. The molecule has 1 aliphatic heterocycles. The highest BCUT2D eigenvalue weighted by molar-refractivity contribution is 7.99. The third-order valence-electron chi connectivity index (χ3n) is 5.82. The standard InChI is InChI=1S/C27H28N2O4S/c1-17-9-11-20(18(2)13-17)28-26(30)16-29-21-7-5-6-8-24(21)34-25(15-27(29)31)19-10-12-22(32-3)23(14-19)33-4/h5-14,25H,15-16H2,1-4H3,(H,28,30)/t25-/m1/s1. The van der Waals surface area contributed by atoms with E-state index in [1.54, 1.807) is 30.9 Å². The van der Waals surface area contributed by atoms with Crippen LogP contribution in [0.2, 0.25) is 0 Å². The van der Waals surface area contributed by atoms with Gasteiger partial charge < -0.3 is 19.7 Å². The summed E-state index contributed by atoms with van der Waals surface area (Å²) in [5.41, 5.74) is 4.58. The fourth-order valence-electron chi connectivity index (χ4n) is 4.08. The van der Waals surface area contributed by atoms with Gasteiger partial charge in [-0.15, -0.1) is 11.8 Å². The van der Waals surface area contributed by atoms with E-state index in [0.29, 0.717) is 11.5 Å². The first-order valence-electron chi connectivity index (χ1n) is 11.0. The number of ether oxygens (including phenoxy) is 2. The number of carbonyl (C=O) groups excluding carboxylic acids is 2. The molecule has 6 nitrogen and oxygen atoms in total. The van der Waals surface area contributed by atoms with E-state index in [4.69, 9.17) is 9.47 Å². The molecule has 0 saturated heterocycles. The van der Waals surface area contributed by atoms with Crippen molar-refractivity contribution in [3.05, 3.63) is 77.4 Å². The molecule has 1 N–H and O–H groups in total. The molecule has 2 amide bonds. The van der Waals surface area contributed by atoms with E-state index in [1.165, 1.54) is 0 Å². The van der Waals surface area contributed by atoms with Gasteiger partial charge in [-0.2, -0.15) is 0 Å². The average Bonchev–Trinajstić information content (AvgIpc) is 2.97. The van der Waals surface area contributed by atoms with E-state index in [2.05, 4.69) is 5.32 Å². The molecule has 0 unspecified atom stereocenters. The molecular formula is C27H28N2O4S. The lowest BCUT2D eigenvalue weighted by atomic mass is 10.1. The first-order chi connectivity index (χ1) is 16.4. The highest BCUT2D eigenvalue weighted by Crippen LogP contribution is 2.46. The number of amides is 2. The molecule has 176 valence electrons. The molecule has 1 aliphatic rings. The third-order valence-corrected chi connectivity index (χ3v) is 7.15. The smallest absolute Gasteiger partial charge is 0.244 e. The minimum Gasteiger partial charge on any atom is -0.493 e. The van der Waals surface area contributed by atoms with E-state index in [1.807, 2.05) is 74.5 Å². The summed E-state index contributed by atoms with van der Waals surface area (Å²) >= 11 is 1.62. The van der Waals surface area contributed by atoms with Crippen LogP contribution in [-0.4, -0.2) is 32.6 Å². The van der Waals surface area contributed by atoms with Crippen LogP contribution >= 0.6 is 11.8 Å². The molecular weight excluding hydrogens is 448 g/mol. The number of nitrogens with zero attached hydrogens (tertiary/aromatic N) is 1. The van der Waals surface area contributed by atoms with E-state index in [9.17, 15) is 9.59 Å².